The summed E-state index contributed by atoms with van der Waals surface area (Å²) in [4.78, 5) is 15.3. The van der Waals surface area contributed by atoms with Gasteiger partial charge in [0, 0.05) is 11.8 Å². The summed E-state index contributed by atoms with van der Waals surface area (Å²) >= 11 is 0. The standard InChI is InChI=1S/C16H12N2O2/c17-13-8-4-7-12(11-5-2-1-3-6-11)15(13)16-18-14(19)9-10-20-16/h1-10H,17H2. The van der Waals surface area contributed by atoms with E-state index in [1.807, 2.05) is 42.5 Å². The summed E-state index contributed by atoms with van der Waals surface area (Å²) < 4.78 is 5.35. The third kappa shape index (κ3) is 2.19. The largest absolute Gasteiger partial charge is 0.446 e. The van der Waals surface area contributed by atoms with Crippen LogP contribution in [0, 0.1) is 0 Å². The molecule has 0 unspecified atom stereocenters. The monoisotopic (exact) mass is 264 g/mol. The summed E-state index contributed by atoms with van der Waals surface area (Å²) in [5, 5.41) is 0. The van der Waals surface area contributed by atoms with Crippen LogP contribution in [-0.4, -0.2) is 4.98 Å². The highest BCUT2D eigenvalue weighted by atomic mass is 16.3. The molecule has 0 aliphatic carbocycles. The van der Waals surface area contributed by atoms with Crippen molar-refractivity contribution >= 4 is 5.69 Å². The molecule has 3 rings (SSSR count). The predicted octanol–water partition coefficient (Wildman–Crippen LogP) is 2.95. The van der Waals surface area contributed by atoms with Crippen molar-refractivity contribution in [1.29, 1.82) is 0 Å². The van der Waals surface area contributed by atoms with E-state index in [2.05, 4.69) is 4.98 Å². The van der Waals surface area contributed by atoms with E-state index in [0.29, 0.717) is 11.3 Å². The zero-order valence-electron chi connectivity index (χ0n) is 10.6. The van der Waals surface area contributed by atoms with Gasteiger partial charge < -0.3 is 10.2 Å². The molecule has 1 heterocycles. The van der Waals surface area contributed by atoms with Gasteiger partial charge in [0.1, 0.15) is 0 Å². The van der Waals surface area contributed by atoms with Gasteiger partial charge in [-0.2, -0.15) is 4.98 Å². The Kier molecular flexibility index (Phi) is 3.05. The van der Waals surface area contributed by atoms with Crippen LogP contribution < -0.4 is 11.3 Å². The van der Waals surface area contributed by atoms with Crippen LogP contribution in [0.4, 0.5) is 5.69 Å². The zero-order chi connectivity index (χ0) is 13.9. The molecule has 98 valence electrons. The highest BCUT2D eigenvalue weighted by Crippen LogP contribution is 2.34. The number of anilines is 1. The fourth-order valence-corrected chi connectivity index (χ4v) is 2.10. The average molecular weight is 264 g/mol. The van der Waals surface area contributed by atoms with Crippen LogP contribution >= 0.6 is 0 Å². The first kappa shape index (κ1) is 12.2. The SMILES string of the molecule is Nc1cccc(-c2ccccc2)c1-c1nc(=O)cco1. The third-order valence-corrected chi connectivity index (χ3v) is 3.00. The molecule has 0 amide bonds. The van der Waals surface area contributed by atoms with E-state index >= 15 is 0 Å². The van der Waals surface area contributed by atoms with Gasteiger partial charge in [0.25, 0.3) is 5.56 Å². The van der Waals surface area contributed by atoms with Crippen molar-refractivity contribution in [2.45, 2.75) is 0 Å². The molecule has 2 N–H and O–H groups in total. The summed E-state index contributed by atoms with van der Waals surface area (Å²) in [7, 11) is 0. The molecule has 4 heteroatoms. The zero-order valence-corrected chi connectivity index (χ0v) is 10.6. The summed E-state index contributed by atoms with van der Waals surface area (Å²) in [5.74, 6) is 0.231. The Hall–Kier alpha value is -2.88. The van der Waals surface area contributed by atoms with E-state index in [1.54, 1.807) is 6.07 Å². The second-order valence-corrected chi connectivity index (χ2v) is 4.31. The summed E-state index contributed by atoms with van der Waals surface area (Å²) in [6.07, 6.45) is 1.33. The van der Waals surface area contributed by atoms with Crippen LogP contribution in [0.15, 0.2) is 70.1 Å². The molecular weight excluding hydrogens is 252 g/mol. The number of nitrogens with two attached hydrogens (primary N) is 1. The van der Waals surface area contributed by atoms with Crippen LogP contribution in [0.2, 0.25) is 0 Å². The topological polar surface area (TPSA) is 69.1 Å². The minimum absolute atomic E-state index is 0.231. The third-order valence-electron chi connectivity index (χ3n) is 3.00. The molecule has 0 saturated heterocycles. The Bertz CT molecular complexity index is 795. The van der Waals surface area contributed by atoms with Gasteiger partial charge in [0.05, 0.1) is 11.8 Å². The number of hydrogen-bond acceptors (Lipinski definition) is 4. The summed E-state index contributed by atoms with van der Waals surface area (Å²) in [6, 6.07) is 16.6. The lowest BCUT2D eigenvalue weighted by atomic mass is 9.98. The lowest BCUT2D eigenvalue weighted by Gasteiger charge is -2.10. The Morgan fingerprint density at radius 2 is 1.75 bits per heavy atom. The van der Waals surface area contributed by atoms with Crippen molar-refractivity contribution in [2.24, 2.45) is 0 Å². The second kappa shape index (κ2) is 5.01. The molecule has 1 aromatic heterocycles. The molecule has 0 atom stereocenters. The first-order valence-corrected chi connectivity index (χ1v) is 6.16. The van der Waals surface area contributed by atoms with E-state index in [9.17, 15) is 4.79 Å². The summed E-state index contributed by atoms with van der Waals surface area (Å²) in [5.41, 5.74) is 8.71. The van der Waals surface area contributed by atoms with Crippen LogP contribution in [-0.2, 0) is 0 Å². The normalized spacial score (nSPS) is 10.4. The van der Waals surface area contributed by atoms with Gasteiger partial charge in [-0.25, -0.2) is 0 Å². The van der Waals surface area contributed by atoms with Gasteiger partial charge >= 0.3 is 0 Å². The van der Waals surface area contributed by atoms with Crippen LogP contribution in [0.5, 0.6) is 0 Å². The molecule has 0 saturated carbocycles. The number of benzene rings is 2. The van der Waals surface area contributed by atoms with Gasteiger partial charge in [0.15, 0.2) is 0 Å². The lowest BCUT2D eigenvalue weighted by Crippen LogP contribution is -2.05. The second-order valence-electron chi connectivity index (χ2n) is 4.31. The molecular formula is C16H12N2O2. The highest BCUT2D eigenvalue weighted by molar-refractivity contribution is 5.87. The molecule has 0 aliphatic rings. The number of nitrogens with zero attached hydrogens (tertiary/aromatic N) is 1. The lowest BCUT2D eigenvalue weighted by molar-refractivity contribution is 0.542. The van der Waals surface area contributed by atoms with Crippen molar-refractivity contribution in [2.75, 3.05) is 5.73 Å². The van der Waals surface area contributed by atoms with Crippen LogP contribution in [0.3, 0.4) is 0 Å². The van der Waals surface area contributed by atoms with Crippen molar-refractivity contribution in [1.82, 2.24) is 4.98 Å². The Morgan fingerprint density at radius 1 is 0.950 bits per heavy atom. The molecule has 0 spiro atoms. The van der Waals surface area contributed by atoms with E-state index in [4.69, 9.17) is 10.2 Å². The minimum Gasteiger partial charge on any atom is -0.446 e. The Balaban J connectivity index is 2.28. The van der Waals surface area contributed by atoms with Crippen molar-refractivity contribution in [3.8, 4) is 22.6 Å². The van der Waals surface area contributed by atoms with E-state index in [-0.39, 0.29) is 11.4 Å². The van der Waals surface area contributed by atoms with Crippen molar-refractivity contribution in [3.63, 3.8) is 0 Å². The quantitative estimate of drug-likeness (QED) is 0.722. The molecule has 0 radical (unpaired) electrons. The Labute approximate surface area is 115 Å². The first-order valence-electron chi connectivity index (χ1n) is 6.16. The van der Waals surface area contributed by atoms with Crippen LogP contribution in [0.25, 0.3) is 22.6 Å². The number of rotatable bonds is 2. The van der Waals surface area contributed by atoms with Crippen molar-refractivity contribution in [3.05, 3.63) is 71.2 Å². The summed E-state index contributed by atoms with van der Waals surface area (Å²) in [6.45, 7) is 0. The average Bonchev–Trinajstić information content (AvgIpc) is 2.48. The number of hydrogen-bond donors (Lipinski definition) is 1. The fraction of sp³-hybridized carbons (Fsp3) is 0. The molecule has 20 heavy (non-hydrogen) atoms. The molecule has 0 fully saturated rings. The number of nitrogen functional groups attached to an aromatic ring is 1. The number of aromatic nitrogens is 1. The van der Waals surface area contributed by atoms with Crippen LogP contribution in [0.1, 0.15) is 0 Å². The van der Waals surface area contributed by atoms with Gasteiger partial charge in [-0.1, -0.05) is 42.5 Å². The van der Waals surface area contributed by atoms with Gasteiger partial charge in [-0.05, 0) is 17.2 Å². The van der Waals surface area contributed by atoms with E-state index in [1.165, 1.54) is 12.3 Å². The van der Waals surface area contributed by atoms with E-state index < -0.39 is 0 Å². The molecule has 4 nitrogen and oxygen atoms in total. The maximum Gasteiger partial charge on any atom is 0.276 e. The molecule has 3 aromatic rings. The highest BCUT2D eigenvalue weighted by Gasteiger charge is 2.14. The fourth-order valence-electron chi connectivity index (χ4n) is 2.10. The first-order chi connectivity index (χ1) is 9.75. The smallest absolute Gasteiger partial charge is 0.276 e. The molecule has 0 aliphatic heterocycles. The van der Waals surface area contributed by atoms with Crippen molar-refractivity contribution < 1.29 is 4.42 Å². The van der Waals surface area contributed by atoms with E-state index in [0.717, 1.165) is 11.1 Å². The minimum atomic E-state index is -0.353. The molecule has 2 aromatic carbocycles. The maximum absolute atomic E-state index is 11.4. The predicted molar refractivity (Wildman–Crippen MR) is 78.1 cm³/mol. The maximum atomic E-state index is 11.4. The van der Waals surface area contributed by atoms with Gasteiger partial charge in [-0.15, -0.1) is 0 Å². The van der Waals surface area contributed by atoms with Gasteiger partial charge in [-0.3, -0.25) is 4.79 Å². The molecule has 0 bridgehead atoms. The van der Waals surface area contributed by atoms with Gasteiger partial charge in [0.2, 0.25) is 5.89 Å². The Morgan fingerprint density at radius 3 is 2.50 bits per heavy atom.